The lowest BCUT2D eigenvalue weighted by Crippen LogP contribution is -2.37. The molecule has 17 heavy (non-hydrogen) atoms. The number of rotatable bonds is 5. The van der Waals surface area contributed by atoms with E-state index in [1.54, 1.807) is 6.92 Å². The number of carboxylic acid groups (broad SMARTS) is 1. The largest absolute Gasteiger partial charge is 0.481 e. The first-order valence-electron chi connectivity index (χ1n) is 5.66. The Morgan fingerprint density at radius 3 is 2.24 bits per heavy atom. The first-order valence-corrected chi connectivity index (χ1v) is 6.04. The van der Waals surface area contributed by atoms with Gasteiger partial charge in [-0.15, -0.1) is 0 Å². The summed E-state index contributed by atoms with van der Waals surface area (Å²) in [5.41, 5.74) is 1.10. The van der Waals surface area contributed by atoms with E-state index in [-0.39, 0.29) is 12.1 Å². The lowest BCUT2D eigenvalue weighted by Gasteiger charge is -2.23. The second kappa shape index (κ2) is 6.03. The van der Waals surface area contributed by atoms with Crippen molar-refractivity contribution in [1.82, 2.24) is 5.32 Å². The van der Waals surface area contributed by atoms with Crippen LogP contribution in [0.1, 0.15) is 32.4 Å². The summed E-state index contributed by atoms with van der Waals surface area (Å²) in [6, 6.07) is 7.57. The second-order valence-electron chi connectivity index (χ2n) is 4.36. The molecular formula is C13H18ClNO2. The van der Waals surface area contributed by atoms with Gasteiger partial charge in [0.25, 0.3) is 0 Å². The van der Waals surface area contributed by atoms with Gasteiger partial charge < -0.3 is 10.4 Å². The zero-order valence-electron chi connectivity index (χ0n) is 10.3. The maximum Gasteiger partial charge on any atom is 0.307 e. The van der Waals surface area contributed by atoms with Crippen LogP contribution in [0.2, 0.25) is 5.02 Å². The molecule has 0 fully saturated rings. The molecule has 3 atom stereocenters. The lowest BCUT2D eigenvalue weighted by molar-refractivity contribution is -0.142. The molecule has 0 aliphatic rings. The molecule has 3 nitrogen and oxygen atoms in total. The van der Waals surface area contributed by atoms with E-state index in [0.29, 0.717) is 5.02 Å². The standard InChI is InChI=1S/C13H18ClNO2/c1-8(13(16)17)9(2)15-10(3)11-4-6-12(14)7-5-11/h4-10,15H,1-3H3,(H,16,17). The van der Waals surface area contributed by atoms with Gasteiger partial charge in [0.15, 0.2) is 0 Å². The summed E-state index contributed by atoms with van der Waals surface area (Å²) in [5, 5.41) is 12.9. The minimum absolute atomic E-state index is 0.0850. The van der Waals surface area contributed by atoms with Crippen LogP contribution in [0.3, 0.4) is 0 Å². The zero-order valence-corrected chi connectivity index (χ0v) is 11.0. The fourth-order valence-corrected chi connectivity index (χ4v) is 1.73. The topological polar surface area (TPSA) is 49.3 Å². The fourth-order valence-electron chi connectivity index (χ4n) is 1.60. The average Bonchev–Trinajstić information content (AvgIpc) is 2.28. The summed E-state index contributed by atoms with van der Waals surface area (Å²) >= 11 is 5.82. The smallest absolute Gasteiger partial charge is 0.307 e. The molecule has 0 saturated heterocycles. The van der Waals surface area contributed by atoms with Gasteiger partial charge in [0.1, 0.15) is 0 Å². The Balaban J connectivity index is 2.63. The first-order chi connectivity index (χ1) is 7.91. The molecule has 3 unspecified atom stereocenters. The van der Waals surface area contributed by atoms with Crippen LogP contribution in [-0.2, 0) is 4.79 Å². The van der Waals surface area contributed by atoms with Gasteiger partial charge in [0.2, 0.25) is 0 Å². The minimum Gasteiger partial charge on any atom is -0.481 e. The number of halogens is 1. The van der Waals surface area contributed by atoms with Crippen molar-refractivity contribution in [1.29, 1.82) is 0 Å². The summed E-state index contributed by atoms with van der Waals surface area (Å²) in [6.07, 6.45) is 0. The van der Waals surface area contributed by atoms with Crippen molar-refractivity contribution in [2.75, 3.05) is 0 Å². The van der Waals surface area contributed by atoms with Gasteiger partial charge in [-0.2, -0.15) is 0 Å². The van der Waals surface area contributed by atoms with Crippen LogP contribution in [0.5, 0.6) is 0 Å². The molecule has 0 saturated carbocycles. The van der Waals surface area contributed by atoms with Crippen molar-refractivity contribution in [3.8, 4) is 0 Å². The molecule has 0 bridgehead atoms. The maximum atomic E-state index is 10.8. The number of carbonyl (C=O) groups is 1. The van der Waals surface area contributed by atoms with E-state index in [2.05, 4.69) is 5.32 Å². The van der Waals surface area contributed by atoms with Gasteiger partial charge >= 0.3 is 5.97 Å². The molecule has 0 aliphatic heterocycles. The van der Waals surface area contributed by atoms with Gasteiger partial charge in [-0.25, -0.2) is 0 Å². The van der Waals surface area contributed by atoms with Crippen molar-refractivity contribution >= 4 is 17.6 Å². The summed E-state index contributed by atoms with van der Waals surface area (Å²) in [4.78, 5) is 10.8. The third-order valence-electron chi connectivity index (χ3n) is 3.02. The summed E-state index contributed by atoms with van der Waals surface area (Å²) in [6.45, 7) is 5.59. The first kappa shape index (κ1) is 14.0. The highest BCUT2D eigenvalue weighted by Crippen LogP contribution is 2.17. The molecule has 1 aromatic rings. The van der Waals surface area contributed by atoms with Gasteiger partial charge in [-0.3, -0.25) is 4.79 Å². The highest BCUT2D eigenvalue weighted by molar-refractivity contribution is 6.30. The summed E-state index contributed by atoms with van der Waals surface area (Å²) in [5.74, 6) is -1.20. The minimum atomic E-state index is -0.784. The molecule has 0 spiro atoms. The predicted molar refractivity (Wildman–Crippen MR) is 69.3 cm³/mol. The molecular weight excluding hydrogens is 238 g/mol. The molecule has 0 aromatic heterocycles. The van der Waals surface area contributed by atoms with E-state index in [1.165, 1.54) is 0 Å². The number of carboxylic acids is 1. The third-order valence-corrected chi connectivity index (χ3v) is 3.27. The average molecular weight is 256 g/mol. The number of hydrogen-bond acceptors (Lipinski definition) is 2. The van der Waals surface area contributed by atoms with Crippen LogP contribution in [0.25, 0.3) is 0 Å². The van der Waals surface area contributed by atoms with Gasteiger partial charge in [0.05, 0.1) is 5.92 Å². The number of hydrogen-bond donors (Lipinski definition) is 2. The Hall–Kier alpha value is -1.06. The van der Waals surface area contributed by atoms with Crippen molar-refractivity contribution in [2.45, 2.75) is 32.9 Å². The van der Waals surface area contributed by atoms with Crippen molar-refractivity contribution in [3.63, 3.8) is 0 Å². The van der Waals surface area contributed by atoms with Crippen molar-refractivity contribution in [2.24, 2.45) is 5.92 Å². The molecule has 94 valence electrons. The SMILES string of the molecule is CC(NC(C)C(C)C(=O)O)c1ccc(Cl)cc1. The molecule has 2 N–H and O–H groups in total. The highest BCUT2D eigenvalue weighted by atomic mass is 35.5. The number of aliphatic carboxylic acids is 1. The Labute approximate surface area is 107 Å². The quantitative estimate of drug-likeness (QED) is 0.850. The summed E-state index contributed by atoms with van der Waals surface area (Å²) in [7, 11) is 0. The molecule has 0 amide bonds. The van der Waals surface area contributed by atoms with Crippen LogP contribution in [0, 0.1) is 5.92 Å². The Kier molecular flexibility index (Phi) is 4.97. The Bertz CT molecular complexity index is 378. The van der Waals surface area contributed by atoms with Gasteiger partial charge in [-0.1, -0.05) is 30.7 Å². The van der Waals surface area contributed by atoms with E-state index < -0.39 is 11.9 Å². The van der Waals surface area contributed by atoms with Crippen molar-refractivity contribution < 1.29 is 9.90 Å². The van der Waals surface area contributed by atoms with E-state index in [4.69, 9.17) is 16.7 Å². The van der Waals surface area contributed by atoms with Crippen LogP contribution in [0.4, 0.5) is 0 Å². The Morgan fingerprint density at radius 2 is 1.76 bits per heavy atom. The summed E-state index contributed by atoms with van der Waals surface area (Å²) < 4.78 is 0. The van der Waals surface area contributed by atoms with E-state index in [1.807, 2.05) is 38.1 Å². The Morgan fingerprint density at radius 1 is 1.24 bits per heavy atom. The molecule has 4 heteroatoms. The fraction of sp³-hybridized carbons (Fsp3) is 0.462. The van der Waals surface area contributed by atoms with Gasteiger partial charge in [0, 0.05) is 17.1 Å². The second-order valence-corrected chi connectivity index (χ2v) is 4.79. The van der Waals surface area contributed by atoms with Crippen LogP contribution < -0.4 is 5.32 Å². The van der Waals surface area contributed by atoms with E-state index in [0.717, 1.165) is 5.56 Å². The van der Waals surface area contributed by atoms with Crippen LogP contribution >= 0.6 is 11.6 Å². The van der Waals surface area contributed by atoms with E-state index >= 15 is 0 Å². The molecule has 1 rings (SSSR count). The third kappa shape index (κ3) is 4.02. The van der Waals surface area contributed by atoms with Crippen LogP contribution in [0.15, 0.2) is 24.3 Å². The molecule has 0 aliphatic carbocycles. The maximum absolute atomic E-state index is 10.8. The zero-order chi connectivity index (χ0) is 13.0. The molecule has 1 aromatic carbocycles. The number of nitrogens with one attached hydrogen (secondary N) is 1. The highest BCUT2D eigenvalue weighted by Gasteiger charge is 2.20. The monoisotopic (exact) mass is 255 g/mol. The molecule has 0 heterocycles. The lowest BCUT2D eigenvalue weighted by atomic mass is 10.0. The number of benzene rings is 1. The molecule has 0 radical (unpaired) electrons. The van der Waals surface area contributed by atoms with Crippen LogP contribution in [-0.4, -0.2) is 17.1 Å². The normalized spacial score (nSPS) is 16.2. The van der Waals surface area contributed by atoms with Crippen molar-refractivity contribution in [3.05, 3.63) is 34.9 Å². The van der Waals surface area contributed by atoms with Gasteiger partial charge in [-0.05, 0) is 31.5 Å². The van der Waals surface area contributed by atoms with E-state index in [9.17, 15) is 4.79 Å². The predicted octanol–water partition coefficient (Wildman–Crippen LogP) is 3.10.